The predicted octanol–water partition coefficient (Wildman–Crippen LogP) is 4.98. The maximum absolute atomic E-state index is 8.89. The van der Waals surface area contributed by atoms with Crippen LogP contribution in [0.15, 0.2) is 152 Å². The first-order valence-electron chi connectivity index (χ1n) is 12.9. The number of rotatable bonds is 4. The summed E-state index contributed by atoms with van der Waals surface area (Å²) in [6.07, 6.45) is 0. The van der Waals surface area contributed by atoms with Gasteiger partial charge in [0.2, 0.25) is 0 Å². The van der Waals surface area contributed by atoms with Crippen molar-refractivity contribution in [3.05, 3.63) is 171 Å². The topological polar surface area (TPSA) is 115 Å². The molecule has 5 rings (SSSR count). The number of benzene rings is 5. The Morgan fingerprint density at radius 3 is 0.818 bits per heavy atom. The van der Waals surface area contributed by atoms with Crippen molar-refractivity contribution in [3.8, 4) is 0 Å². The van der Waals surface area contributed by atoms with E-state index < -0.39 is 27.8 Å². The van der Waals surface area contributed by atoms with Gasteiger partial charge in [-0.3, -0.25) is 0 Å². The Bertz CT molecular complexity index is 1160. The molecule has 5 aromatic rings. The van der Waals surface area contributed by atoms with Crippen molar-refractivity contribution in [2.75, 3.05) is 0 Å². The van der Waals surface area contributed by atoms with Crippen LogP contribution in [0.3, 0.4) is 0 Å². The third-order valence-electron chi connectivity index (χ3n) is 4.88. The monoisotopic (exact) mass is 716 g/mol. The molecule has 0 aromatic heterocycles. The number of carbonyl (C=O) groups is 2. The van der Waals surface area contributed by atoms with Crippen molar-refractivity contribution >= 4 is 49.0 Å². The Labute approximate surface area is 279 Å². The first kappa shape index (κ1) is 42.7. The summed E-state index contributed by atoms with van der Waals surface area (Å²) in [6, 6.07) is 54.4. The van der Waals surface area contributed by atoms with Crippen LogP contribution in [0.5, 0.6) is 0 Å². The number of hydrogen-bond acceptors (Lipinski definition) is 5. The zero-order chi connectivity index (χ0) is 31.0. The van der Waals surface area contributed by atoms with E-state index in [9.17, 15) is 0 Å². The van der Waals surface area contributed by atoms with Gasteiger partial charge in [-0.05, 0) is 13.8 Å². The molecular weight excluding hydrogens is 679 g/mol. The Morgan fingerprint density at radius 1 is 0.500 bits per heavy atom. The summed E-state index contributed by atoms with van der Waals surface area (Å²) in [4.78, 5) is 17.8. The van der Waals surface area contributed by atoms with E-state index in [1.807, 2.05) is 54.6 Å². The standard InChI is InChI=1S/2C13H12P.C6H5.2C2H4O2.H3N.Pd/c2*1-14(12-8-4-2-5-9-12)13-10-6-3-7-11-13;1-2-4-6-5-3-1;2*1-2(3)4;;/h2*2-11H,1H2;1-5H;2*1H3,(H,3,4);1H3;/q3*-1;;;;+2/p-2. The van der Waals surface area contributed by atoms with Crippen molar-refractivity contribution in [1.82, 2.24) is 6.15 Å². The normalized spacial score (nSPS) is 8.86. The Kier molecular flexibility index (Phi) is 26.3. The van der Waals surface area contributed by atoms with Gasteiger partial charge in [-0.25, -0.2) is 15.8 Å². The fraction of sp³-hybridized carbons (Fsp3) is 0.0556. The van der Waals surface area contributed by atoms with Crippen molar-refractivity contribution in [2.45, 2.75) is 13.8 Å². The molecule has 5 aromatic carbocycles. The van der Waals surface area contributed by atoms with Crippen LogP contribution in [0, 0.1) is 19.4 Å². The van der Waals surface area contributed by atoms with Gasteiger partial charge in [-0.2, -0.15) is 36.4 Å². The number of carboxylic acids is 2. The van der Waals surface area contributed by atoms with E-state index in [-0.39, 0.29) is 26.6 Å². The van der Waals surface area contributed by atoms with Gasteiger partial charge >= 0.3 is 20.4 Å². The van der Waals surface area contributed by atoms with Crippen LogP contribution in [0.2, 0.25) is 0 Å². The summed E-state index contributed by atoms with van der Waals surface area (Å²) >= 11 is 0. The average Bonchev–Trinajstić information content (AvgIpc) is 3.03. The van der Waals surface area contributed by atoms with E-state index in [2.05, 4.69) is 116 Å². The van der Waals surface area contributed by atoms with Crippen LogP contribution >= 0.6 is 15.8 Å². The van der Waals surface area contributed by atoms with E-state index >= 15 is 0 Å². The number of aliphatic carboxylic acids is 2. The summed E-state index contributed by atoms with van der Waals surface area (Å²) in [5.41, 5.74) is 0. The fourth-order valence-corrected chi connectivity index (χ4v) is 5.80. The molecule has 0 unspecified atom stereocenters. The number of hydrogen-bond donors (Lipinski definition) is 1. The van der Waals surface area contributed by atoms with Gasteiger partial charge in [0.15, 0.2) is 0 Å². The summed E-state index contributed by atoms with van der Waals surface area (Å²) in [5, 5.41) is 23.1. The molecule has 0 heterocycles. The van der Waals surface area contributed by atoms with E-state index in [4.69, 9.17) is 19.8 Å². The van der Waals surface area contributed by atoms with Crippen LogP contribution in [-0.4, -0.2) is 11.9 Å². The van der Waals surface area contributed by atoms with Crippen LogP contribution in [0.1, 0.15) is 13.8 Å². The van der Waals surface area contributed by atoms with E-state index in [0.717, 1.165) is 13.8 Å². The van der Waals surface area contributed by atoms with Gasteiger partial charge in [-0.1, -0.05) is 143 Å². The van der Waals surface area contributed by atoms with E-state index in [1.54, 1.807) is 0 Å². The molecule has 0 atom stereocenters. The molecule has 0 saturated carbocycles. The predicted molar refractivity (Wildman–Crippen MR) is 181 cm³/mol. The fourth-order valence-electron chi connectivity index (χ4n) is 3.07. The van der Waals surface area contributed by atoms with Gasteiger partial charge in [0.1, 0.15) is 0 Å². The Hall–Kier alpha value is -3.48. The van der Waals surface area contributed by atoms with Crippen molar-refractivity contribution < 1.29 is 40.2 Å². The summed E-state index contributed by atoms with van der Waals surface area (Å²) in [5.74, 6) is -2.17. The SMILES string of the molecule is CC(=O)[O-].CC(=O)[O-].N.[CH2-]P(c1ccccc1)c1ccccc1.[CH2-]P(c1ccccc1)c1ccccc1.[Pd+2].[c-]1ccccc1. The second-order valence-corrected chi connectivity index (χ2v) is 12.0. The van der Waals surface area contributed by atoms with Gasteiger partial charge in [-0.15, -0.1) is 0 Å². The molecule has 234 valence electrons. The molecule has 0 amide bonds. The van der Waals surface area contributed by atoms with Gasteiger partial charge in [0, 0.05) is 11.9 Å². The van der Waals surface area contributed by atoms with Crippen molar-refractivity contribution in [3.63, 3.8) is 0 Å². The average molecular weight is 717 g/mol. The van der Waals surface area contributed by atoms with Gasteiger partial charge < -0.3 is 39.3 Å². The first-order valence-corrected chi connectivity index (χ1v) is 16.0. The largest absolute Gasteiger partial charge is 2.00 e. The Morgan fingerprint density at radius 2 is 0.682 bits per heavy atom. The quantitative estimate of drug-likeness (QED) is 0.160. The molecule has 44 heavy (non-hydrogen) atoms. The smallest absolute Gasteiger partial charge is 0.550 e. The number of carbonyl (C=O) groups excluding carboxylic acids is 2. The van der Waals surface area contributed by atoms with Crippen LogP contribution in [-0.2, 0) is 30.0 Å². The minimum Gasteiger partial charge on any atom is -0.550 e. The zero-order valence-electron chi connectivity index (χ0n) is 24.9. The molecule has 0 fully saturated rings. The third-order valence-corrected chi connectivity index (χ3v) is 8.56. The minimum absolute atomic E-state index is 0. The molecule has 0 aliphatic heterocycles. The zero-order valence-corrected chi connectivity index (χ0v) is 28.2. The van der Waals surface area contributed by atoms with E-state index in [1.165, 1.54) is 21.2 Å². The molecule has 0 bridgehead atoms. The van der Waals surface area contributed by atoms with Crippen LogP contribution < -0.4 is 37.6 Å². The Balaban J connectivity index is 0. The molecule has 3 N–H and O–H groups in total. The van der Waals surface area contributed by atoms with Gasteiger partial charge in [0.25, 0.3) is 0 Å². The minimum atomic E-state index is -1.08. The summed E-state index contributed by atoms with van der Waals surface area (Å²) in [6.45, 7) is 10.4. The molecule has 0 aliphatic rings. The molecule has 0 aliphatic carbocycles. The maximum Gasteiger partial charge on any atom is 2.00 e. The second kappa shape index (κ2) is 27.1. The summed E-state index contributed by atoms with van der Waals surface area (Å²) in [7, 11) is -0.842. The number of carboxylic acid groups (broad SMARTS) is 2. The first-order chi connectivity index (χ1) is 20.2. The molecule has 0 radical (unpaired) electrons. The second-order valence-electron chi connectivity index (χ2n) is 8.26. The summed E-state index contributed by atoms with van der Waals surface area (Å²) < 4.78 is 0. The van der Waals surface area contributed by atoms with Gasteiger partial charge in [0.05, 0.1) is 0 Å². The molecule has 5 nitrogen and oxygen atoms in total. The molecule has 0 saturated heterocycles. The van der Waals surface area contributed by atoms with E-state index in [0.29, 0.717) is 0 Å². The van der Waals surface area contributed by atoms with Crippen molar-refractivity contribution in [2.24, 2.45) is 0 Å². The molecule has 0 spiro atoms. The maximum atomic E-state index is 8.89. The molecule has 8 heteroatoms. The molecular formula is C36H38NO4P2Pd-3. The van der Waals surface area contributed by atoms with Crippen LogP contribution in [0.25, 0.3) is 0 Å². The van der Waals surface area contributed by atoms with Crippen molar-refractivity contribution in [1.29, 1.82) is 0 Å². The van der Waals surface area contributed by atoms with Crippen LogP contribution in [0.4, 0.5) is 0 Å². The third kappa shape index (κ3) is 21.2.